The zero-order valence-electron chi connectivity index (χ0n) is 8.82. The molecule has 0 atom stereocenters. The van der Waals surface area contributed by atoms with Crippen LogP contribution in [0.5, 0.6) is 0 Å². The summed E-state index contributed by atoms with van der Waals surface area (Å²) in [5.74, 6) is -1.64. The maximum Gasteiger partial charge on any atom is 0.339 e. The van der Waals surface area contributed by atoms with Crippen LogP contribution in [0.1, 0.15) is 10.4 Å². The van der Waals surface area contributed by atoms with E-state index >= 15 is 0 Å². The summed E-state index contributed by atoms with van der Waals surface area (Å²) in [5.41, 5.74) is 0.948. The van der Waals surface area contributed by atoms with Crippen LogP contribution in [0.2, 0.25) is 5.02 Å². The second-order valence-electron chi connectivity index (χ2n) is 3.46. The molecule has 0 aliphatic carbocycles. The van der Waals surface area contributed by atoms with Crippen LogP contribution in [0.15, 0.2) is 24.4 Å². The molecule has 1 heterocycles. The Labute approximate surface area is 101 Å². The number of nitrogens with zero attached hydrogens (tertiary/aromatic N) is 2. The van der Waals surface area contributed by atoms with E-state index in [1.54, 1.807) is 7.05 Å². The number of aromatic carboxylic acids is 1. The molecule has 0 unspecified atom stereocenters. The van der Waals surface area contributed by atoms with E-state index in [0.29, 0.717) is 11.3 Å². The molecule has 4 nitrogen and oxygen atoms in total. The number of carboxylic acid groups (broad SMARTS) is 1. The molecule has 0 amide bonds. The summed E-state index contributed by atoms with van der Waals surface area (Å²) in [7, 11) is 1.61. The van der Waals surface area contributed by atoms with Gasteiger partial charge in [-0.2, -0.15) is 5.10 Å². The van der Waals surface area contributed by atoms with Gasteiger partial charge in [-0.3, -0.25) is 4.68 Å². The first-order valence-corrected chi connectivity index (χ1v) is 5.09. The molecule has 1 aromatic heterocycles. The van der Waals surface area contributed by atoms with Gasteiger partial charge in [-0.05, 0) is 18.2 Å². The minimum Gasteiger partial charge on any atom is -0.478 e. The molecule has 0 saturated carbocycles. The summed E-state index contributed by atoms with van der Waals surface area (Å²) >= 11 is 5.66. The van der Waals surface area contributed by atoms with Crippen LogP contribution < -0.4 is 0 Å². The van der Waals surface area contributed by atoms with E-state index in [4.69, 9.17) is 16.7 Å². The minimum absolute atomic E-state index is 0.0511. The first-order valence-electron chi connectivity index (χ1n) is 4.71. The van der Waals surface area contributed by atoms with Crippen molar-refractivity contribution >= 4 is 17.6 Å². The van der Waals surface area contributed by atoms with Crippen LogP contribution in [-0.4, -0.2) is 20.9 Å². The number of hydrogen-bond acceptors (Lipinski definition) is 2. The highest BCUT2D eigenvalue weighted by Crippen LogP contribution is 2.27. The molecule has 0 fully saturated rings. The summed E-state index contributed by atoms with van der Waals surface area (Å²) in [4.78, 5) is 11.0. The Balaban J connectivity index is 2.63. The smallest absolute Gasteiger partial charge is 0.339 e. The van der Waals surface area contributed by atoms with Gasteiger partial charge in [0, 0.05) is 12.6 Å². The zero-order valence-corrected chi connectivity index (χ0v) is 9.57. The van der Waals surface area contributed by atoms with E-state index in [9.17, 15) is 9.18 Å². The van der Waals surface area contributed by atoms with Crippen LogP contribution >= 0.6 is 11.6 Å². The maximum atomic E-state index is 13.0. The Morgan fingerprint density at radius 1 is 1.53 bits per heavy atom. The molecule has 0 saturated heterocycles. The lowest BCUT2D eigenvalue weighted by atomic mass is 10.1. The van der Waals surface area contributed by atoms with Gasteiger partial charge >= 0.3 is 5.97 Å². The predicted molar refractivity (Wildman–Crippen MR) is 60.6 cm³/mol. The van der Waals surface area contributed by atoms with Gasteiger partial charge in [0.1, 0.15) is 11.4 Å². The Morgan fingerprint density at radius 3 is 2.82 bits per heavy atom. The summed E-state index contributed by atoms with van der Waals surface area (Å²) in [6.45, 7) is 0. The lowest BCUT2D eigenvalue weighted by molar-refractivity contribution is 0.0697. The maximum absolute atomic E-state index is 13.0. The normalized spacial score (nSPS) is 10.5. The highest BCUT2D eigenvalue weighted by Gasteiger charge is 2.17. The third kappa shape index (κ3) is 2.01. The highest BCUT2D eigenvalue weighted by molar-refractivity contribution is 6.31. The first kappa shape index (κ1) is 11.6. The Bertz CT molecular complexity index is 595. The van der Waals surface area contributed by atoms with Crippen molar-refractivity contribution < 1.29 is 14.3 Å². The summed E-state index contributed by atoms with van der Waals surface area (Å²) < 4.78 is 14.4. The number of rotatable bonds is 2. The second kappa shape index (κ2) is 4.18. The molecule has 1 aromatic carbocycles. The van der Waals surface area contributed by atoms with Gasteiger partial charge in [-0.25, -0.2) is 9.18 Å². The van der Waals surface area contributed by atoms with E-state index in [-0.39, 0.29) is 10.6 Å². The molecule has 0 bridgehead atoms. The fourth-order valence-corrected chi connectivity index (χ4v) is 1.76. The minimum atomic E-state index is -1.09. The van der Waals surface area contributed by atoms with Crippen molar-refractivity contribution in [3.8, 4) is 11.3 Å². The fraction of sp³-hybridized carbons (Fsp3) is 0.0909. The second-order valence-corrected chi connectivity index (χ2v) is 3.87. The number of carboxylic acids is 1. The molecule has 2 rings (SSSR count). The first-order chi connectivity index (χ1) is 8.00. The van der Waals surface area contributed by atoms with Gasteiger partial charge in [0.05, 0.1) is 16.9 Å². The van der Waals surface area contributed by atoms with Gasteiger partial charge in [0.25, 0.3) is 0 Å². The average Bonchev–Trinajstić information content (AvgIpc) is 2.64. The van der Waals surface area contributed by atoms with E-state index < -0.39 is 11.8 Å². The van der Waals surface area contributed by atoms with Crippen molar-refractivity contribution in [2.45, 2.75) is 0 Å². The molecule has 17 heavy (non-hydrogen) atoms. The molecule has 88 valence electrons. The molecule has 1 N–H and O–H groups in total. The van der Waals surface area contributed by atoms with Gasteiger partial charge in [0.15, 0.2) is 0 Å². The summed E-state index contributed by atoms with van der Waals surface area (Å²) in [6, 6.07) is 4.03. The van der Waals surface area contributed by atoms with E-state index in [0.717, 1.165) is 0 Å². The van der Waals surface area contributed by atoms with Gasteiger partial charge < -0.3 is 5.11 Å². The number of aromatic nitrogens is 2. The SMILES string of the molecule is Cn1ncc(C(=O)O)c1-c1ccc(F)c(Cl)c1. The van der Waals surface area contributed by atoms with Gasteiger partial charge in [0.2, 0.25) is 0 Å². The topological polar surface area (TPSA) is 55.1 Å². The number of benzene rings is 1. The molecule has 0 aliphatic rings. The van der Waals surface area contributed by atoms with E-state index in [2.05, 4.69) is 5.10 Å². The third-order valence-electron chi connectivity index (χ3n) is 2.36. The number of aryl methyl sites for hydroxylation is 1. The van der Waals surface area contributed by atoms with Crippen LogP contribution in [0.4, 0.5) is 4.39 Å². The Morgan fingerprint density at radius 2 is 2.24 bits per heavy atom. The van der Waals surface area contributed by atoms with Crippen molar-refractivity contribution in [3.05, 3.63) is 40.8 Å². The number of hydrogen-bond donors (Lipinski definition) is 1. The molecular weight excluding hydrogens is 247 g/mol. The van der Waals surface area contributed by atoms with Crippen molar-refractivity contribution in [3.63, 3.8) is 0 Å². The molecule has 6 heteroatoms. The lowest BCUT2D eigenvalue weighted by Gasteiger charge is -2.05. The van der Waals surface area contributed by atoms with E-state index in [1.165, 1.54) is 29.1 Å². The molecule has 0 aliphatic heterocycles. The van der Waals surface area contributed by atoms with Crippen LogP contribution in [0.25, 0.3) is 11.3 Å². The fourth-order valence-electron chi connectivity index (χ4n) is 1.58. The van der Waals surface area contributed by atoms with Crippen molar-refractivity contribution in [1.82, 2.24) is 9.78 Å². The lowest BCUT2D eigenvalue weighted by Crippen LogP contribution is -2.00. The monoisotopic (exact) mass is 254 g/mol. The van der Waals surface area contributed by atoms with Crippen LogP contribution in [0, 0.1) is 5.82 Å². The third-order valence-corrected chi connectivity index (χ3v) is 2.65. The summed E-state index contributed by atoms with van der Waals surface area (Å²) in [6.07, 6.45) is 1.24. The molecule has 2 aromatic rings. The molecule has 0 spiro atoms. The predicted octanol–water partition coefficient (Wildman–Crippen LogP) is 2.58. The molecule has 0 radical (unpaired) electrons. The zero-order chi connectivity index (χ0) is 12.6. The largest absolute Gasteiger partial charge is 0.478 e. The Kier molecular flexibility index (Phi) is 2.85. The molecular formula is C11H8ClFN2O2. The summed E-state index contributed by atoms with van der Waals surface area (Å²) in [5, 5.41) is 12.8. The van der Waals surface area contributed by atoms with Crippen molar-refractivity contribution in [2.24, 2.45) is 7.05 Å². The standard InChI is InChI=1S/C11H8ClFN2O2/c1-15-10(7(5-14-15)11(16)17)6-2-3-9(13)8(12)4-6/h2-5H,1H3,(H,16,17). The highest BCUT2D eigenvalue weighted by atomic mass is 35.5. The number of carbonyl (C=O) groups is 1. The van der Waals surface area contributed by atoms with Gasteiger partial charge in [-0.1, -0.05) is 11.6 Å². The van der Waals surface area contributed by atoms with Gasteiger partial charge in [-0.15, -0.1) is 0 Å². The Hall–Kier alpha value is -1.88. The van der Waals surface area contributed by atoms with Crippen molar-refractivity contribution in [2.75, 3.05) is 0 Å². The average molecular weight is 255 g/mol. The number of halogens is 2. The van der Waals surface area contributed by atoms with Crippen LogP contribution in [0.3, 0.4) is 0 Å². The van der Waals surface area contributed by atoms with E-state index in [1.807, 2.05) is 0 Å². The van der Waals surface area contributed by atoms with Crippen molar-refractivity contribution in [1.29, 1.82) is 0 Å². The quantitative estimate of drug-likeness (QED) is 0.896. The van der Waals surface area contributed by atoms with Crippen LogP contribution in [-0.2, 0) is 7.05 Å².